The van der Waals surface area contributed by atoms with Crippen molar-refractivity contribution in [2.75, 3.05) is 18.5 Å². The number of piperidine rings is 1. The van der Waals surface area contributed by atoms with Crippen LogP contribution in [0.4, 0.5) is 5.82 Å². The Balaban J connectivity index is 2.06. The average molecular weight is 269 g/mol. The molecular weight excluding hydrogens is 246 g/mol. The van der Waals surface area contributed by atoms with Crippen LogP contribution in [-0.2, 0) is 6.54 Å². The molecule has 20 heavy (non-hydrogen) atoms. The molecule has 3 nitrogen and oxygen atoms in total. The Labute approximate surface area is 121 Å². The summed E-state index contributed by atoms with van der Waals surface area (Å²) in [7, 11) is 2.00. The molecule has 1 aromatic heterocycles. The number of benzene rings is 1. The Morgan fingerprint density at radius 3 is 2.95 bits per heavy atom. The summed E-state index contributed by atoms with van der Waals surface area (Å²) in [5.41, 5.74) is 2.44. The Morgan fingerprint density at radius 2 is 2.15 bits per heavy atom. The fourth-order valence-corrected chi connectivity index (χ4v) is 3.15. The highest BCUT2D eigenvalue weighted by molar-refractivity contribution is 5.84. The van der Waals surface area contributed by atoms with Crippen LogP contribution in [0.2, 0.25) is 0 Å². The predicted octanol–water partition coefficient (Wildman–Crippen LogP) is 3.33. The summed E-state index contributed by atoms with van der Waals surface area (Å²) in [6, 6.07) is 11.3. The molecule has 0 spiro atoms. The first-order chi connectivity index (χ1) is 9.79. The van der Waals surface area contributed by atoms with E-state index < -0.39 is 0 Å². The zero-order valence-corrected chi connectivity index (χ0v) is 12.4. The third-order valence-electron chi connectivity index (χ3n) is 4.25. The van der Waals surface area contributed by atoms with Gasteiger partial charge in [0.1, 0.15) is 5.82 Å². The molecule has 0 radical (unpaired) electrons. The first-order valence-electron chi connectivity index (χ1n) is 7.59. The van der Waals surface area contributed by atoms with Gasteiger partial charge in [0.05, 0.1) is 5.52 Å². The number of hydrogen-bond acceptors (Lipinski definition) is 3. The summed E-state index contributed by atoms with van der Waals surface area (Å²) in [6.07, 6.45) is 3.89. The number of hydrogen-bond donors (Lipinski definition) is 1. The maximum Gasteiger partial charge on any atom is 0.129 e. The van der Waals surface area contributed by atoms with E-state index in [4.69, 9.17) is 4.98 Å². The van der Waals surface area contributed by atoms with E-state index in [0.717, 1.165) is 24.4 Å². The maximum atomic E-state index is 4.89. The summed E-state index contributed by atoms with van der Waals surface area (Å²) in [6.45, 7) is 4.33. The topological polar surface area (TPSA) is 28.2 Å². The van der Waals surface area contributed by atoms with Crippen molar-refractivity contribution in [2.45, 2.75) is 38.8 Å². The van der Waals surface area contributed by atoms with E-state index in [1.165, 1.54) is 30.2 Å². The van der Waals surface area contributed by atoms with Gasteiger partial charge in [-0.2, -0.15) is 0 Å². The lowest BCUT2D eigenvalue weighted by Gasteiger charge is -2.34. The van der Waals surface area contributed by atoms with Crippen LogP contribution >= 0.6 is 0 Å². The predicted molar refractivity (Wildman–Crippen MR) is 85.2 cm³/mol. The fourth-order valence-electron chi connectivity index (χ4n) is 3.15. The molecule has 1 atom stereocenters. The second kappa shape index (κ2) is 5.80. The van der Waals surface area contributed by atoms with Crippen molar-refractivity contribution in [3.8, 4) is 0 Å². The number of rotatable bonds is 3. The van der Waals surface area contributed by atoms with Gasteiger partial charge in [-0.3, -0.25) is 0 Å². The van der Waals surface area contributed by atoms with Gasteiger partial charge < -0.3 is 10.2 Å². The largest absolute Gasteiger partial charge is 0.354 e. The van der Waals surface area contributed by atoms with Crippen LogP contribution in [0, 0.1) is 0 Å². The van der Waals surface area contributed by atoms with Crippen molar-refractivity contribution < 1.29 is 0 Å². The van der Waals surface area contributed by atoms with E-state index in [-0.39, 0.29) is 0 Å². The molecule has 1 N–H and O–H groups in total. The summed E-state index contributed by atoms with van der Waals surface area (Å²) in [5, 5.41) is 4.53. The molecule has 1 aliphatic heterocycles. The summed E-state index contributed by atoms with van der Waals surface area (Å²) in [4.78, 5) is 7.36. The van der Waals surface area contributed by atoms with Crippen molar-refractivity contribution in [2.24, 2.45) is 0 Å². The van der Waals surface area contributed by atoms with E-state index in [2.05, 4.69) is 47.5 Å². The van der Waals surface area contributed by atoms with Gasteiger partial charge >= 0.3 is 0 Å². The molecule has 1 fully saturated rings. The van der Waals surface area contributed by atoms with Gasteiger partial charge in [-0.1, -0.05) is 18.2 Å². The van der Waals surface area contributed by atoms with E-state index in [1.807, 2.05) is 7.05 Å². The first kappa shape index (κ1) is 13.4. The number of pyridine rings is 1. The number of fused-ring (bicyclic) bond motifs is 1. The lowest BCUT2D eigenvalue weighted by Crippen LogP contribution is -2.38. The molecule has 1 aliphatic rings. The molecular formula is C17H23N3. The van der Waals surface area contributed by atoms with Crippen molar-refractivity contribution in [1.29, 1.82) is 0 Å². The second-order valence-corrected chi connectivity index (χ2v) is 5.73. The minimum absolute atomic E-state index is 0.597. The van der Waals surface area contributed by atoms with Crippen molar-refractivity contribution >= 4 is 16.7 Å². The summed E-state index contributed by atoms with van der Waals surface area (Å²) in [5.74, 6) is 1.14. The highest BCUT2D eigenvalue weighted by atomic mass is 15.2. The summed E-state index contributed by atoms with van der Waals surface area (Å²) >= 11 is 0. The average Bonchev–Trinajstić information content (AvgIpc) is 2.48. The normalized spacial score (nSPS) is 19.5. The van der Waals surface area contributed by atoms with E-state index >= 15 is 0 Å². The van der Waals surface area contributed by atoms with Gasteiger partial charge in [-0.15, -0.1) is 0 Å². The van der Waals surface area contributed by atoms with Gasteiger partial charge in [-0.25, -0.2) is 4.98 Å². The molecule has 3 rings (SSSR count). The fraction of sp³-hybridized carbons (Fsp3) is 0.471. The van der Waals surface area contributed by atoms with Gasteiger partial charge in [0, 0.05) is 24.5 Å². The van der Waals surface area contributed by atoms with Crippen LogP contribution in [0.25, 0.3) is 10.9 Å². The van der Waals surface area contributed by atoms with Crippen molar-refractivity contribution in [3.63, 3.8) is 0 Å². The number of para-hydroxylation sites is 1. The maximum absolute atomic E-state index is 4.89. The van der Waals surface area contributed by atoms with E-state index in [9.17, 15) is 0 Å². The molecule has 2 heterocycles. The Bertz CT molecular complexity index is 594. The van der Waals surface area contributed by atoms with Crippen LogP contribution in [-0.4, -0.2) is 24.6 Å². The van der Waals surface area contributed by atoms with E-state index in [0.29, 0.717) is 6.04 Å². The van der Waals surface area contributed by atoms with Crippen LogP contribution in [0.5, 0.6) is 0 Å². The Kier molecular flexibility index (Phi) is 3.88. The number of nitrogens with one attached hydrogen (secondary N) is 1. The van der Waals surface area contributed by atoms with Gasteiger partial charge in [-0.05, 0) is 50.9 Å². The molecule has 1 aromatic carbocycles. The third kappa shape index (κ3) is 2.50. The lowest BCUT2D eigenvalue weighted by atomic mass is 10.0. The standard InChI is InChI=1S/C17H23N3/c1-13-7-5-6-10-20(13)17-11-14(12-18-2)15-8-3-4-9-16(15)19-17/h3-4,8-9,11,13,18H,5-7,10,12H2,1-2H3. The highest BCUT2D eigenvalue weighted by Crippen LogP contribution is 2.27. The molecule has 0 saturated carbocycles. The van der Waals surface area contributed by atoms with Crippen molar-refractivity contribution in [1.82, 2.24) is 10.3 Å². The van der Waals surface area contributed by atoms with Crippen LogP contribution in [0.1, 0.15) is 31.7 Å². The van der Waals surface area contributed by atoms with Crippen LogP contribution < -0.4 is 10.2 Å². The molecule has 1 saturated heterocycles. The van der Waals surface area contributed by atoms with Crippen LogP contribution in [0.3, 0.4) is 0 Å². The molecule has 0 bridgehead atoms. The number of anilines is 1. The second-order valence-electron chi connectivity index (χ2n) is 5.73. The Hall–Kier alpha value is -1.61. The molecule has 3 heteroatoms. The first-order valence-corrected chi connectivity index (χ1v) is 7.59. The SMILES string of the molecule is CNCc1cc(N2CCCCC2C)nc2ccccc12. The molecule has 106 valence electrons. The minimum atomic E-state index is 0.597. The minimum Gasteiger partial charge on any atom is -0.354 e. The van der Waals surface area contributed by atoms with Gasteiger partial charge in [0.25, 0.3) is 0 Å². The zero-order valence-electron chi connectivity index (χ0n) is 12.4. The third-order valence-corrected chi connectivity index (χ3v) is 4.25. The number of nitrogens with zero attached hydrogens (tertiary/aromatic N) is 2. The molecule has 0 amide bonds. The summed E-state index contributed by atoms with van der Waals surface area (Å²) < 4.78 is 0. The van der Waals surface area contributed by atoms with Gasteiger partial charge in [0.15, 0.2) is 0 Å². The highest BCUT2D eigenvalue weighted by Gasteiger charge is 2.20. The molecule has 1 unspecified atom stereocenters. The van der Waals surface area contributed by atoms with Crippen molar-refractivity contribution in [3.05, 3.63) is 35.9 Å². The van der Waals surface area contributed by atoms with Crippen LogP contribution in [0.15, 0.2) is 30.3 Å². The van der Waals surface area contributed by atoms with Gasteiger partial charge in [0.2, 0.25) is 0 Å². The monoisotopic (exact) mass is 269 g/mol. The number of aromatic nitrogens is 1. The molecule has 2 aromatic rings. The lowest BCUT2D eigenvalue weighted by molar-refractivity contribution is 0.481. The van der Waals surface area contributed by atoms with E-state index in [1.54, 1.807) is 0 Å². The zero-order chi connectivity index (χ0) is 13.9. The quantitative estimate of drug-likeness (QED) is 0.926. The Morgan fingerprint density at radius 1 is 1.30 bits per heavy atom. The molecule has 0 aliphatic carbocycles. The smallest absolute Gasteiger partial charge is 0.129 e.